The van der Waals surface area contributed by atoms with Gasteiger partial charge < -0.3 is 14.0 Å². The van der Waals surface area contributed by atoms with Crippen LogP contribution in [0.4, 0.5) is 0 Å². The lowest BCUT2D eigenvalue weighted by atomic mass is 10.1. The first-order chi connectivity index (χ1) is 16.4. The Kier molecular flexibility index (Phi) is 8.30. The second kappa shape index (κ2) is 11.2. The number of esters is 1. The minimum Gasteiger partial charge on any atom is -0.494 e. The molecule has 0 radical (unpaired) electrons. The molecule has 0 spiro atoms. The number of hydrogen-bond donors (Lipinski definition) is 0. The van der Waals surface area contributed by atoms with Crippen molar-refractivity contribution in [2.24, 2.45) is 0 Å². The topological polar surface area (TPSA) is 101 Å². The van der Waals surface area contributed by atoms with Crippen molar-refractivity contribution in [1.82, 2.24) is 24.3 Å². The van der Waals surface area contributed by atoms with Crippen LogP contribution in [0.25, 0.3) is 16.7 Å². The van der Waals surface area contributed by atoms with Crippen LogP contribution in [0, 0.1) is 6.92 Å². The molecule has 34 heavy (non-hydrogen) atoms. The molecule has 3 heterocycles. The number of hydrogen-bond acceptors (Lipinski definition) is 8. The van der Waals surface area contributed by atoms with Gasteiger partial charge in [-0.1, -0.05) is 25.4 Å². The van der Waals surface area contributed by atoms with Crippen LogP contribution in [-0.4, -0.2) is 50.3 Å². The van der Waals surface area contributed by atoms with Gasteiger partial charge in [0.1, 0.15) is 17.9 Å². The highest BCUT2D eigenvalue weighted by molar-refractivity contribution is 7.98. The van der Waals surface area contributed by atoms with Gasteiger partial charge in [-0.15, -0.1) is 11.8 Å². The zero-order chi connectivity index (χ0) is 24.8. The molecule has 0 amide bonds. The van der Waals surface area contributed by atoms with Crippen molar-refractivity contribution >= 4 is 46.0 Å². The molecule has 0 fully saturated rings. The van der Waals surface area contributed by atoms with Crippen molar-refractivity contribution in [3.8, 4) is 11.6 Å². The van der Waals surface area contributed by atoms with E-state index in [1.54, 1.807) is 25.3 Å². The first-order valence-corrected chi connectivity index (χ1v) is 11.7. The van der Waals surface area contributed by atoms with Gasteiger partial charge in [0.25, 0.3) is 5.78 Å². The van der Waals surface area contributed by atoms with Crippen molar-refractivity contribution < 1.29 is 19.1 Å². The van der Waals surface area contributed by atoms with Gasteiger partial charge in [0.15, 0.2) is 5.82 Å². The average molecular weight is 502 g/mol. The van der Waals surface area contributed by atoms with Gasteiger partial charge in [0.05, 0.1) is 42.8 Å². The molecule has 3 aromatic heterocycles. The van der Waals surface area contributed by atoms with Gasteiger partial charge in [0.2, 0.25) is 0 Å². The maximum atomic E-state index is 12.8. The van der Waals surface area contributed by atoms with E-state index in [4.69, 9.17) is 16.3 Å². The predicted octanol–water partition coefficient (Wildman–Crippen LogP) is 4.72. The molecule has 0 aliphatic rings. The molecule has 1 aromatic carbocycles. The number of carbonyl (C=O) groups is 2. The fourth-order valence-electron chi connectivity index (χ4n) is 3.21. The minimum atomic E-state index is -0.966. The van der Waals surface area contributed by atoms with Crippen molar-refractivity contribution in [3.05, 3.63) is 59.4 Å². The number of nitrogens with zero attached hydrogens (tertiary/aromatic N) is 5. The molecule has 0 saturated heterocycles. The largest absolute Gasteiger partial charge is 0.494 e. The predicted molar refractivity (Wildman–Crippen MR) is 131 cm³/mol. The van der Waals surface area contributed by atoms with E-state index in [1.165, 1.54) is 36.1 Å². The second-order valence-corrected chi connectivity index (χ2v) is 8.13. The number of halogens is 1. The Morgan fingerprint density at radius 1 is 1.12 bits per heavy atom. The van der Waals surface area contributed by atoms with Crippen LogP contribution in [0.5, 0.6) is 5.75 Å². The number of ketones is 1. The Balaban J connectivity index is 0.00000158. The molecular weight excluding hydrogens is 478 g/mol. The molecule has 0 unspecified atom stereocenters. The van der Waals surface area contributed by atoms with E-state index in [2.05, 4.69) is 19.8 Å². The number of aromatic nitrogens is 5. The third-order valence-electron chi connectivity index (χ3n) is 4.68. The molecule has 0 saturated carbocycles. The highest BCUT2D eigenvalue weighted by Crippen LogP contribution is 2.35. The number of pyridine rings is 1. The van der Waals surface area contributed by atoms with Crippen LogP contribution in [0.2, 0.25) is 5.02 Å². The molecule has 0 atom stereocenters. The van der Waals surface area contributed by atoms with Crippen molar-refractivity contribution in [2.75, 3.05) is 14.2 Å². The smallest absolute Gasteiger partial charge is 0.379 e. The normalized spacial score (nSPS) is 10.5. The van der Waals surface area contributed by atoms with E-state index >= 15 is 0 Å². The maximum absolute atomic E-state index is 12.8. The monoisotopic (exact) mass is 501 g/mol. The number of benzene rings is 1. The van der Waals surface area contributed by atoms with E-state index < -0.39 is 11.8 Å². The molecule has 9 nitrogen and oxygen atoms in total. The van der Waals surface area contributed by atoms with Crippen LogP contribution < -0.4 is 4.74 Å². The van der Waals surface area contributed by atoms with Gasteiger partial charge in [-0.2, -0.15) is 5.10 Å². The fourth-order valence-corrected chi connectivity index (χ4v) is 4.16. The molecule has 178 valence electrons. The zero-order valence-corrected chi connectivity index (χ0v) is 21.0. The first kappa shape index (κ1) is 25.3. The van der Waals surface area contributed by atoms with Crippen molar-refractivity contribution in [3.63, 3.8) is 0 Å². The molecule has 0 aliphatic heterocycles. The van der Waals surface area contributed by atoms with Crippen LogP contribution in [0.1, 0.15) is 30.0 Å². The van der Waals surface area contributed by atoms with Gasteiger partial charge in [0, 0.05) is 16.1 Å². The average Bonchev–Trinajstić information content (AvgIpc) is 3.47. The third kappa shape index (κ3) is 5.07. The van der Waals surface area contributed by atoms with Gasteiger partial charge in [-0.25, -0.2) is 19.4 Å². The summed E-state index contributed by atoms with van der Waals surface area (Å²) >= 11 is 7.50. The number of aryl methyl sites for hydroxylation is 1. The molecule has 11 heteroatoms. The fraction of sp³-hybridized carbons (Fsp3) is 0.261. The number of thioether (sulfide) groups is 1. The Morgan fingerprint density at radius 2 is 1.82 bits per heavy atom. The Morgan fingerprint density at radius 3 is 2.41 bits per heavy atom. The highest BCUT2D eigenvalue weighted by Gasteiger charge is 2.27. The summed E-state index contributed by atoms with van der Waals surface area (Å²) in [6.07, 6.45) is 4.62. The second-order valence-electron chi connectivity index (χ2n) is 6.67. The SMILES string of the molecule is CC.COC(=O)C(=O)c1cn(CSc2ccc(Cl)cc2)c2c(-n3cnc(C)n3)ncc(OC)c12. The Bertz CT molecular complexity index is 1320. The standard InChI is InChI=1S/C21H18ClN5O4S.C2H6/c1-12-24-10-27(25-12)20-18-17(16(30-2)8-23-20)15(19(28)21(29)31-3)9-26(18)11-32-14-6-4-13(22)5-7-14;1-2/h4-10H,11H2,1-3H3;1-2H3. The third-order valence-corrected chi connectivity index (χ3v) is 5.95. The van der Waals surface area contributed by atoms with Crippen LogP contribution >= 0.6 is 23.4 Å². The van der Waals surface area contributed by atoms with Gasteiger partial charge in [-0.05, 0) is 31.2 Å². The van der Waals surface area contributed by atoms with E-state index in [9.17, 15) is 9.59 Å². The van der Waals surface area contributed by atoms with Crippen molar-refractivity contribution in [1.29, 1.82) is 0 Å². The summed E-state index contributed by atoms with van der Waals surface area (Å²) in [4.78, 5) is 34.5. The number of methoxy groups -OCH3 is 2. The number of ether oxygens (including phenoxy) is 2. The Hall–Kier alpha value is -3.37. The molecule has 0 bridgehead atoms. The van der Waals surface area contributed by atoms with Crippen LogP contribution in [-0.2, 0) is 15.4 Å². The minimum absolute atomic E-state index is 0.154. The molecule has 4 rings (SSSR count). The molecule has 0 aliphatic carbocycles. The van der Waals surface area contributed by atoms with Crippen LogP contribution in [0.3, 0.4) is 0 Å². The van der Waals surface area contributed by atoms with Crippen molar-refractivity contribution in [2.45, 2.75) is 31.5 Å². The van der Waals surface area contributed by atoms with Gasteiger partial charge in [-0.3, -0.25) is 4.79 Å². The number of fused-ring (bicyclic) bond motifs is 1. The first-order valence-electron chi connectivity index (χ1n) is 10.4. The Labute approximate surface area is 206 Å². The summed E-state index contributed by atoms with van der Waals surface area (Å²) in [6, 6.07) is 7.41. The summed E-state index contributed by atoms with van der Waals surface area (Å²) in [5.41, 5.74) is 0.726. The lowest BCUT2D eigenvalue weighted by Gasteiger charge is -2.11. The summed E-state index contributed by atoms with van der Waals surface area (Å²) < 4.78 is 13.5. The summed E-state index contributed by atoms with van der Waals surface area (Å²) in [5, 5.41) is 5.44. The van der Waals surface area contributed by atoms with E-state index in [0.717, 1.165) is 12.0 Å². The van der Waals surface area contributed by atoms with E-state index in [0.29, 0.717) is 39.2 Å². The summed E-state index contributed by atoms with van der Waals surface area (Å²) in [7, 11) is 2.64. The number of carbonyl (C=O) groups excluding carboxylic acids is 2. The summed E-state index contributed by atoms with van der Waals surface area (Å²) in [6.45, 7) is 5.76. The lowest BCUT2D eigenvalue weighted by molar-refractivity contribution is -0.135. The lowest BCUT2D eigenvalue weighted by Crippen LogP contribution is -2.15. The van der Waals surface area contributed by atoms with E-state index in [1.807, 2.05) is 30.5 Å². The number of Topliss-reactive ketones (excluding diaryl/α,β-unsaturated/α-hetero) is 1. The van der Waals surface area contributed by atoms with E-state index in [-0.39, 0.29) is 5.56 Å². The molecule has 4 aromatic rings. The van der Waals surface area contributed by atoms with Gasteiger partial charge >= 0.3 is 5.97 Å². The number of rotatable bonds is 7. The van der Waals surface area contributed by atoms with Crippen LogP contribution in [0.15, 0.2) is 47.9 Å². The molecule has 0 N–H and O–H groups in total. The highest BCUT2D eigenvalue weighted by atomic mass is 35.5. The molecular formula is C23H24ClN5O4S. The quantitative estimate of drug-likeness (QED) is 0.155. The maximum Gasteiger partial charge on any atom is 0.379 e. The zero-order valence-electron chi connectivity index (χ0n) is 19.4. The summed E-state index contributed by atoms with van der Waals surface area (Å²) in [5.74, 6) is 0.0343.